The molecule has 7 heteroatoms. The minimum atomic E-state index is 0.665. The Morgan fingerprint density at radius 2 is 1.89 bits per heavy atom. The van der Waals surface area contributed by atoms with Gasteiger partial charge in [-0.05, 0) is 50.1 Å². The van der Waals surface area contributed by atoms with Gasteiger partial charge < -0.3 is 10.6 Å². The van der Waals surface area contributed by atoms with Crippen LogP contribution in [0.15, 0.2) is 33.5 Å². The normalized spacial score (nSPS) is 10.2. The van der Waals surface area contributed by atoms with E-state index in [0.717, 1.165) is 20.5 Å². The second kappa shape index (κ2) is 5.86. The highest BCUT2D eigenvalue weighted by Gasteiger charge is 2.08. The monoisotopic (exact) mass is 390 g/mol. The van der Waals surface area contributed by atoms with Crippen LogP contribution in [0.1, 0.15) is 0 Å². The summed E-state index contributed by atoms with van der Waals surface area (Å²) in [4.78, 5) is 8.27. The third-order valence-electron chi connectivity index (χ3n) is 2.21. The van der Waals surface area contributed by atoms with Gasteiger partial charge in [0, 0.05) is 17.2 Å². The predicted octanol–water partition coefficient (Wildman–Crippen LogP) is 4.44. The van der Waals surface area contributed by atoms with Crippen molar-refractivity contribution in [3.63, 3.8) is 0 Å². The van der Waals surface area contributed by atoms with Crippen LogP contribution >= 0.6 is 43.5 Å². The van der Waals surface area contributed by atoms with E-state index in [9.17, 15) is 0 Å². The molecule has 0 aliphatic heterocycles. The molecule has 94 valence electrons. The number of halogens is 3. The fraction of sp³-hybridized carbons (Fsp3) is 0.0909. The third-order valence-corrected chi connectivity index (χ3v) is 4.17. The van der Waals surface area contributed by atoms with Crippen LogP contribution in [0.25, 0.3) is 0 Å². The van der Waals surface area contributed by atoms with E-state index in [4.69, 9.17) is 11.6 Å². The Kier molecular flexibility index (Phi) is 4.42. The second-order valence-corrected chi connectivity index (χ2v) is 5.44. The van der Waals surface area contributed by atoms with Gasteiger partial charge in [0.25, 0.3) is 0 Å². The molecule has 0 aliphatic rings. The Morgan fingerprint density at radius 3 is 2.56 bits per heavy atom. The fourth-order valence-electron chi connectivity index (χ4n) is 1.34. The minimum Gasteiger partial charge on any atom is -0.372 e. The molecule has 18 heavy (non-hydrogen) atoms. The molecule has 2 rings (SSSR count). The van der Waals surface area contributed by atoms with Crippen LogP contribution in [0.3, 0.4) is 0 Å². The highest BCUT2D eigenvalue weighted by Crippen LogP contribution is 2.31. The number of benzene rings is 1. The third kappa shape index (κ3) is 2.93. The van der Waals surface area contributed by atoms with Crippen LogP contribution in [-0.2, 0) is 0 Å². The van der Waals surface area contributed by atoms with E-state index in [1.807, 2.05) is 18.2 Å². The zero-order valence-corrected chi connectivity index (χ0v) is 13.3. The SMILES string of the molecule is CNc1ncnc(Nc2ccc(Cl)c(Br)c2)c1Br. The van der Waals surface area contributed by atoms with Crippen molar-refractivity contribution in [2.24, 2.45) is 0 Å². The maximum Gasteiger partial charge on any atom is 0.150 e. The molecule has 0 atom stereocenters. The van der Waals surface area contributed by atoms with Gasteiger partial charge in [0.05, 0.1) is 5.02 Å². The highest BCUT2D eigenvalue weighted by molar-refractivity contribution is 9.11. The molecule has 2 aromatic rings. The Hall–Kier alpha value is -0.850. The van der Waals surface area contributed by atoms with Crippen molar-refractivity contribution in [3.05, 3.63) is 38.5 Å². The number of rotatable bonds is 3. The summed E-state index contributed by atoms with van der Waals surface area (Å²) in [5, 5.41) is 6.83. The van der Waals surface area contributed by atoms with Crippen molar-refractivity contribution >= 4 is 60.8 Å². The lowest BCUT2D eigenvalue weighted by Gasteiger charge is -2.10. The van der Waals surface area contributed by atoms with Crippen LogP contribution in [0.4, 0.5) is 17.3 Å². The fourth-order valence-corrected chi connectivity index (χ4v) is 2.34. The van der Waals surface area contributed by atoms with Crippen LogP contribution < -0.4 is 10.6 Å². The molecule has 0 bridgehead atoms. The van der Waals surface area contributed by atoms with Gasteiger partial charge in [0.1, 0.15) is 22.4 Å². The first-order chi connectivity index (χ1) is 8.61. The Balaban J connectivity index is 2.31. The highest BCUT2D eigenvalue weighted by atomic mass is 79.9. The van der Waals surface area contributed by atoms with Crippen LogP contribution in [0, 0.1) is 0 Å². The molecule has 0 aliphatic carbocycles. The molecule has 0 spiro atoms. The van der Waals surface area contributed by atoms with Gasteiger partial charge in [-0.1, -0.05) is 11.6 Å². The van der Waals surface area contributed by atoms with Gasteiger partial charge in [-0.25, -0.2) is 9.97 Å². The summed E-state index contributed by atoms with van der Waals surface area (Å²) in [6.07, 6.45) is 1.49. The van der Waals surface area contributed by atoms with Crippen LogP contribution in [0.2, 0.25) is 5.02 Å². The van der Waals surface area contributed by atoms with Gasteiger partial charge in [-0.15, -0.1) is 0 Å². The molecule has 0 saturated heterocycles. The molecule has 0 radical (unpaired) electrons. The average molecular weight is 392 g/mol. The van der Waals surface area contributed by atoms with Crippen LogP contribution in [-0.4, -0.2) is 17.0 Å². The summed E-state index contributed by atoms with van der Waals surface area (Å²) in [6, 6.07) is 5.57. The van der Waals surface area contributed by atoms with Crippen LogP contribution in [0.5, 0.6) is 0 Å². The van der Waals surface area contributed by atoms with Crippen molar-refractivity contribution in [1.29, 1.82) is 0 Å². The molecule has 0 fully saturated rings. The molecule has 1 heterocycles. The van der Waals surface area contributed by atoms with E-state index in [0.29, 0.717) is 10.8 Å². The average Bonchev–Trinajstić information content (AvgIpc) is 2.36. The lowest BCUT2D eigenvalue weighted by Crippen LogP contribution is -2.00. The Labute approximate surface area is 126 Å². The number of hydrogen-bond acceptors (Lipinski definition) is 4. The number of aromatic nitrogens is 2. The van der Waals surface area contributed by atoms with Gasteiger partial charge >= 0.3 is 0 Å². The predicted molar refractivity (Wildman–Crippen MR) is 81.7 cm³/mol. The first-order valence-electron chi connectivity index (χ1n) is 5.02. The molecule has 0 saturated carbocycles. The van der Waals surface area contributed by atoms with Gasteiger partial charge in [0.15, 0.2) is 0 Å². The largest absolute Gasteiger partial charge is 0.372 e. The van der Waals surface area contributed by atoms with Crippen molar-refractivity contribution in [2.45, 2.75) is 0 Å². The topological polar surface area (TPSA) is 49.8 Å². The Morgan fingerprint density at radius 1 is 1.17 bits per heavy atom. The summed E-state index contributed by atoms with van der Waals surface area (Å²) in [7, 11) is 1.80. The summed E-state index contributed by atoms with van der Waals surface area (Å²) in [5.41, 5.74) is 0.882. The number of anilines is 3. The van der Waals surface area contributed by atoms with E-state index >= 15 is 0 Å². The first-order valence-corrected chi connectivity index (χ1v) is 6.98. The molecular formula is C11H9Br2ClN4. The van der Waals surface area contributed by atoms with Gasteiger partial charge in [-0.3, -0.25) is 0 Å². The lowest BCUT2D eigenvalue weighted by molar-refractivity contribution is 1.14. The zero-order chi connectivity index (χ0) is 13.1. The van der Waals surface area contributed by atoms with Crippen molar-refractivity contribution in [1.82, 2.24) is 9.97 Å². The van der Waals surface area contributed by atoms with E-state index < -0.39 is 0 Å². The number of nitrogens with zero attached hydrogens (tertiary/aromatic N) is 2. The molecule has 1 aromatic carbocycles. The van der Waals surface area contributed by atoms with Gasteiger partial charge in [0.2, 0.25) is 0 Å². The molecular weight excluding hydrogens is 383 g/mol. The first kappa shape index (κ1) is 13.6. The standard InChI is InChI=1S/C11H9Br2ClN4/c1-15-10-9(13)11(17-5-16-10)18-6-2-3-8(14)7(12)4-6/h2-5H,1H3,(H2,15,16,17,18). The maximum absolute atomic E-state index is 5.94. The summed E-state index contributed by atoms with van der Waals surface area (Å²) >= 11 is 12.8. The van der Waals surface area contributed by atoms with E-state index in [1.165, 1.54) is 6.33 Å². The van der Waals surface area contributed by atoms with Gasteiger partial charge in [-0.2, -0.15) is 0 Å². The van der Waals surface area contributed by atoms with E-state index in [2.05, 4.69) is 52.5 Å². The molecule has 1 aromatic heterocycles. The molecule has 0 amide bonds. The van der Waals surface area contributed by atoms with Crippen molar-refractivity contribution in [2.75, 3.05) is 17.7 Å². The molecule has 2 N–H and O–H groups in total. The smallest absolute Gasteiger partial charge is 0.150 e. The van der Waals surface area contributed by atoms with Crippen molar-refractivity contribution < 1.29 is 0 Å². The minimum absolute atomic E-state index is 0.665. The molecule has 0 unspecified atom stereocenters. The zero-order valence-electron chi connectivity index (χ0n) is 9.34. The maximum atomic E-state index is 5.94. The van der Waals surface area contributed by atoms with E-state index in [1.54, 1.807) is 7.05 Å². The number of nitrogens with one attached hydrogen (secondary N) is 2. The Bertz CT molecular complexity index is 577. The summed E-state index contributed by atoms with van der Waals surface area (Å²) in [5.74, 6) is 1.41. The molecule has 4 nitrogen and oxygen atoms in total. The van der Waals surface area contributed by atoms with Crippen molar-refractivity contribution in [3.8, 4) is 0 Å². The lowest BCUT2D eigenvalue weighted by atomic mass is 10.3. The second-order valence-electron chi connectivity index (χ2n) is 3.39. The summed E-state index contributed by atoms with van der Waals surface area (Å²) < 4.78 is 1.60. The quantitative estimate of drug-likeness (QED) is 0.811. The summed E-state index contributed by atoms with van der Waals surface area (Å²) in [6.45, 7) is 0. The number of hydrogen-bond donors (Lipinski definition) is 2. The van der Waals surface area contributed by atoms with E-state index in [-0.39, 0.29) is 0 Å².